The first-order chi connectivity index (χ1) is 6.80. The van der Waals surface area contributed by atoms with Gasteiger partial charge in [0.1, 0.15) is 11.6 Å². The van der Waals surface area contributed by atoms with Crippen LogP contribution in [0.5, 0.6) is 0 Å². The van der Waals surface area contributed by atoms with E-state index in [-0.39, 0.29) is 5.75 Å². The molecule has 0 saturated carbocycles. The third-order valence-electron chi connectivity index (χ3n) is 1.27. The van der Waals surface area contributed by atoms with Crippen molar-refractivity contribution in [2.75, 3.05) is 5.75 Å². The molecule has 1 atom stereocenters. The molecule has 1 amide bonds. The van der Waals surface area contributed by atoms with Crippen molar-refractivity contribution in [2.24, 2.45) is 5.90 Å². The molecule has 0 radical (unpaired) electrons. The minimum absolute atomic E-state index is 0.0786. The van der Waals surface area contributed by atoms with Crippen LogP contribution >= 0.6 is 12.6 Å². The van der Waals surface area contributed by atoms with E-state index >= 15 is 0 Å². The number of amides is 1. The standard InChI is InChI=1S/C8H16N2O4S/c1-8(2,3)13-7(12)10-5(4-15)6(11)14-9/h5,15H,4,9H2,1-3H3,(H,10,12)/t5-/m0/s1. The molecule has 15 heavy (non-hydrogen) atoms. The topological polar surface area (TPSA) is 90.6 Å². The third-order valence-corrected chi connectivity index (χ3v) is 1.64. The van der Waals surface area contributed by atoms with Gasteiger partial charge in [-0.3, -0.25) is 0 Å². The number of carbonyl (C=O) groups excluding carboxylic acids is 2. The number of hydrogen-bond donors (Lipinski definition) is 3. The molecule has 0 aromatic carbocycles. The maximum atomic E-state index is 11.2. The Morgan fingerprint density at radius 2 is 2.00 bits per heavy atom. The monoisotopic (exact) mass is 236 g/mol. The summed E-state index contributed by atoms with van der Waals surface area (Å²) in [6, 6.07) is -0.909. The highest BCUT2D eigenvalue weighted by atomic mass is 32.1. The second-order valence-corrected chi connectivity index (χ2v) is 4.18. The maximum Gasteiger partial charge on any atom is 0.408 e. The molecule has 0 unspecified atom stereocenters. The van der Waals surface area contributed by atoms with Crippen molar-refractivity contribution in [3.8, 4) is 0 Å². The summed E-state index contributed by atoms with van der Waals surface area (Å²) in [5.41, 5.74) is -0.627. The van der Waals surface area contributed by atoms with Gasteiger partial charge in [-0.05, 0) is 20.8 Å². The number of hydrogen-bond acceptors (Lipinski definition) is 6. The van der Waals surface area contributed by atoms with E-state index < -0.39 is 23.7 Å². The Hall–Kier alpha value is -0.950. The Balaban J connectivity index is 4.20. The molecule has 0 saturated heterocycles. The quantitative estimate of drug-likeness (QED) is 0.482. The Kier molecular flexibility index (Phi) is 5.45. The van der Waals surface area contributed by atoms with Crippen LogP contribution in [0.2, 0.25) is 0 Å². The summed E-state index contributed by atoms with van der Waals surface area (Å²) >= 11 is 3.87. The fourth-order valence-electron chi connectivity index (χ4n) is 0.711. The Bertz CT molecular complexity index is 239. The zero-order valence-electron chi connectivity index (χ0n) is 8.94. The van der Waals surface area contributed by atoms with Gasteiger partial charge in [0, 0.05) is 5.75 Å². The molecular formula is C8H16N2O4S. The van der Waals surface area contributed by atoms with Gasteiger partial charge in [0.05, 0.1) is 0 Å². The van der Waals surface area contributed by atoms with Gasteiger partial charge in [-0.15, -0.1) is 0 Å². The fourth-order valence-corrected chi connectivity index (χ4v) is 0.951. The lowest BCUT2D eigenvalue weighted by Crippen LogP contribution is -2.46. The van der Waals surface area contributed by atoms with Gasteiger partial charge < -0.3 is 14.9 Å². The second-order valence-electron chi connectivity index (χ2n) is 3.82. The predicted molar refractivity (Wildman–Crippen MR) is 57.3 cm³/mol. The number of rotatable bonds is 3. The number of nitrogens with two attached hydrogens (primary N) is 1. The normalized spacial score (nSPS) is 12.9. The van der Waals surface area contributed by atoms with E-state index in [2.05, 4.69) is 28.7 Å². The molecule has 0 spiro atoms. The molecule has 0 heterocycles. The van der Waals surface area contributed by atoms with Crippen molar-refractivity contribution >= 4 is 24.7 Å². The van der Waals surface area contributed by atoms with Crippen LogP contribution in [0.3, 0.4) is 0 Å². The summed E-state index contributed by atoms with van der Waals surface area (Å²) in [4.78, 5) is 26.2. The van der Waals surface area contributed by atoms with Crippen molar-refractivity contribution in [1.29, 1.82) is 0 Å². The highest BCUT2D eigenvalue weighted by Gasteiger charge is 2.23. The van der Waals surface area contributed by atoms with Crippen LogP contribution in [0, 0.1) is 0 Å². The van der Waals surface area contributed by atoms with E-state index in [1.807, 2.05) is 0 Å². The van der Waals surface area contributed by atoms with E-state index in [1.165, 1.54) is 0 Å². The number of nitrogens with one attached hydrogen (secondary N) is 1. The summed E-state index contributed by atoms with van der Waals surface area (Å²) in [6.07, 6.45) is -0.716. The lowest BCUT2D eigenvalue weighted by molar-refractivity contribution is -0.146. The van der Waals surface area contributed by atoms with Gasteiger partial charge >= 0.3 is 12.1 Å². The second kappa shape index (κ2) is 5.82. The van der Waals surface area contributed by atoms with E-state index in [1.54, 1.807) is 20.8 Å². The van der Waals surface area contributed by atoms with Crippen molar-refractivity contribution in [1.82, 2.24) is 5.32 Å². The lowest BCUT2D eigenvalue weighted by Gasteiger charge is -2.21. The zero-order valence-corrected chi connectivity index (χ0v) is 9.84. The fraction of sp³-hybridized carbons (Fsp3) is 0.750. The summed E-state index contributed by atoms with van der Waals surface area (Å²) < 4.78 is 4.93. The van der Waals surface area contributed by atoms with Crippen LogP contribution in [0.4, 0.5) is 4.79 Å². The largest absolute Gasteiger partial charge is 0.444 e. The molecule has 7 heteroatoms. The van der Waals surface area contributed by atoms with E-state index in [0.29, 0.717) is 0 Å². The molecule has 0 aromatic rings. The average molecular weight is 236 g/mol. The van der Waals surface area contributed by atoms with Crippen molar-refractivity contribution in [3.05, 3.63) is 0 Å². The molecule has 0 aliphatic heterocycles. The number of carbonyl (C=O) groups is 2. The van der Waals surface area contributed by atoms with E-state index in [0.717, 1.165) is 0 Å². The molecule has 0 fully saturated rings. The molecule has 0 rings (SSSR count). The maximum absolute atomic E-state index is 11.2. The molecule has 0 aliphatic rings. The summed E-state index contributed by atoms with van der Waals surface area (Å²) in [5.74, 6) is 3.99. The van der Waals surface area contributed by atoms with Crippen molar-refractivity contribution in [3.63, 3.8) is 0 Å². The van der Waals surface area contributed by atoms with Gasteiger partial charge in [0.25, 0.3) is 0 Å². The molecule has 3 N–H and O–H groups in total. The average Bonchev–Trinajstić information content (AvgIpc) is 2.10. The number of thiol groups is 1. The minimum atomic E-state index is -0.909. The zero-order chi connectivity index (χ0) is 12.1. The molecule has 0 aliphatic carbocycles. The first-order valence-electron chi connectivity index (χ1n) is 4.31. The summed E-state index contributed by atoms with van der Waals surface area (Å²) in [7, 11) is 0. The van der Waals surface area contributed by atoms with Crippen LogP contribution in [-0.2, 0) is 14.4 Å². The van der Waals surface area contributed by atoms with Gasteiger partial charge in [0.2, 0.25) is 0 Å². The van der Waals surface area contributed by atoms with E-state index in [9.17, 15) is 9.59 Å². The predicted octanol–water partition coefficient (Wildman–Crippen LogP) is 0.226. The minimum Gasteiger partial charge on any atom is -0.444 e. The van der Waals surface area contributed by atoms with Crippen LogP contribution in [0.1, 0.15) is 20.8 Å². The Labute approximate surface area is 93.8 Å². The van der Waals surface area contributed by atoms with Crippen molar-refractivity contribution < 1.29 is 19.2 Å². The first kappa shape index (κ1) is 14.1. The number of alkyl carbamates (subject to hydrolysis) is 1. The Morgan fingerprint density at radius 1 is 1.47 bits per heavy atom. The van der Waals surface area contributed by atoms with Crippen LogP contribution in [-0.4, -0.2) is 29.5 Å². The van der Waals surface area contributed by atoms with Crippen molar-refractivity contribution in [2.45, 2.75) is 32.4 Å². The molecule has 6 nitrogen and oxygen atoms in total. The molecule has 0 bridgehead atoms. The van der Waals surface area contributed by atoms with Crippen LogP contribution in [0.15, 0.2) is 0 Å². The van der Waals surface area contributed by atoms with Gasteiger partial charge in [0.15, 0.2) is 0 Å². The molecular weight excluding hydrogens is 220 g/mol. The number of ether oxygens (including phenoxy) is 1. The first-order valence-corrected chi connectivity index (χ1v) is 4.94. The SMILES string of the molecule is CC(C)(C)OC(=O)N[C@@H](CS)C(=O)ON. The van der Waals surface area contributed by atoms with E-state index in [4.69, 9.17) is 4.74 Å². The summed E-state index contributed by atoms with van der Waals surface area (Å²) in [5, 5.41) is 2.28. The third kappa shape index (κ3) is 6.19. The van der Waals surface area contributed by atoms with Crippen LogP contribution < -0.4 is 11.2 Å². The Morgan fingerprint density at radius 3 is 2.33 bits per heavy atom. The molecule has 0 aromatic heterocycles. The molecule has 88 valence electrons. The lowest BCUT2D eigenvalue weighted by atomic mass is 10.2. The highest BCUT2D eigenvalue weighted by Crippen LogP contribution is 2.07. The van der Waals surface area contributed by atoms with Gasteiger partial charge in [-0.2, -0.15) is 18.5 Å². The smallest absolute Gasteiger partial charge is 0.408 e. The van der Waals surface area contributed by atoms with Crippen LogP contribution in [0.25, 0.3) is 0 Å². The summed E-state index contributed by atoms with van der Waals surface area (Å²) in [6.45, 7) is 5.14. The highest BCUT2D eigenvalue weighted by molar-refractivity contribution is 7.80. The van der Waals surface area contributed by atoms with Gasteiger partial charge in [-0.1, -0.05) is 0 Å². The van der Waals surface area contributed by atoms with Gasteiger partial charge in [-0.25, -0.2) is 9.59 Å².